The third kappa shape index (κ3) is 4.35. The van der Waals surface area contributed by atoms with Crippen LogP contribution in [-0.4, -0.2) is 77.4 Å². The van der Waals surface area contributed by atoms with Crippen molar-refractivity contribution in [2.45, 2.75) is 37.4 Å². The van der Waals surface area contributed by atoms with Crippen molar-refractivity contribution in [2.24, 2.45) is 0 Å². The molecule has 1 aromatic heterocycles. The van der Waals surface area contributed by atoms with Crippen LogP contribution in [0.2, 0.25) is 0 Å². The molecular weight excluding hydrogens is 460 g/mol. The van der Waals surface area contributed by atoms with E-state index in [1.807, 2.05) is 0 Å². The first-order chi connectivity index (χ1) is 16.9. The quantitative estimate of drug-likeness (QED) is 0.407. The molecule has 186 valence electrons. The second-order valence-electron chi connectivity index (χ2n) is 8.56. The molecule has 10 heteroatoms. The van der Waals surface area contributed by atoms with Gasteiger partial charge >= 0.3 is 0 Å². The summed E-state index contributed by atoms with van der Waals surface area (Å²) in [6.07, 6.45) is -6.31. The molecule has 5 atom stereocenters. The van der Waals surface area contributed by atoms with Crippen LogP contribution in [0.1, 0.15) is 5.76 Å². The van der Waals surface area contributed by atoms with Crippen molar-refractivity contribution in [1.82, 2.24) is 0 Å². The van der Waals surface area contributed by atoms with E-state index in [0.717, 1.165) is 0 Å². The second kappa shape index (κ2) is 9.48. The van der Waals surface area contributed by atoms with Crippen LogP contribution in [0.4, 0.5) is 0 Å². The lowest BCUT2D eigenvalue weighted by Crippen LogP contribution is -2.59. The third-order valence-corrected chi connectivity index (χ3v) is 6.28. The highest BCUT2D eigenvalue weighted by Crippen LogP contribution is 2.35. The van der Waals surface area contributed by atoms with E-state index in [0.29, 0.717) is 58.3 Å². The summed E-state index contributed by atoms with van der Waals surface area (Å²) in [6, 6.07) is 10.1. The van der Waals surface area contributed by atoms with E-state index in [4.69, 9.17) is 23.4 Å². The Morgan fingerprint density at radius 1 is 0.943 bits per heavy atom. The summed E-state index contributed by atoms with van der Waals surface area (Å²) in [7, 11) is 0. The maximum Gasteiger partial charge on any atom is 0.200 e. The van der Waals surface area contributed by atoms with Gasteiger partial charge in [-0.25, -0.2) is 0 Å². The highest BCUT2D eigenvalue weighted by atomic mass is 16.6. The van der Waals surface area contributed by atoms with Gasteiger partial charge in [-0.1, -0.05) is 6.07 Å². The molecule has 3 heterocycles. The fourth-order valence-electron chi connectivity index (χ4n) is 4.40. The summed E-state index contributed by atoms with van der Waals surface area (Å²) in [5.74, 6) is 1.97. The molecule has 0 saturated carbocycles. The molecule has 0 amide bonds. The SMILES string of the molecule is Cc1oc2cc(OCC3OC(CO)C(O)C(O)C3O)ccc2c(=O)c1-c1ccc2c(c1)OCCO2. The highest BCUT2D eigenvalue weighted by molar-refractivity contribution is 5.84. The van der Waals surface area contributed by atoms with E-state index < -0.39 is 37.1 Å². The normalized spacial score (nSPS) is 26.0. The van der Waals surface area contributed by atoms with E-state index in [1.165, 1.54) is 0 Å². The minimum Gasteiger partial charge on any atom is -0.491 e. The first-order valence-electron chi connectivity index (χ1n) is 11.3. The molecule has 1 fully saturated rings. The monoisotopic (exact) mass is 486 g/mol. The van der Waals surface area contributed by atoms with E-state index >= 15 is 0 Å². The highest BCUT2D eigenvalue weighted by Gasteiger charge is 2.43. The molecule has 5 unspecified atom stereocenters. The van der Waals surface area contributed by atoms with Crippen LogP contribution in [0, 0.1) is 6.92 Å². The van der Waals surface area contributed by atoms with Crippen molar-refractivity contribution in [2.75, 3.05) is 26.4 Å². The topological polar surface area (TPSA) is 148 Å². The van der Waals surface area contributed by atoms with E-state index in [9.17, 15) is 25.2 Å². The standard InChI is InChI=1S/C25H26O10/c1-12-21(13-2-5-16-18(8-13)32-7-6-31-16)22(27)15-4-3-14(9-17(15)34-12)33-11-20-24(29)25(30)23(28)19(10-26)35-20/h2-5,8-9,19-20,23-26,28-30H,6-7,10-11H2,1H3. The molecule has 1 saturated heterocycles. The zero-order valence-corrected chi connectivity index (χ0v) is 18.9. The van der Waals surface area contributed by atoms with Crippen LogP contribution in [0.3, 0.4) is 0 Å². The van der Waals surface area contributed by atoms with Crippen LogP contribution in [0.5, 0.6) is 17.2 Å². The molecule has 3 aromatic rings. The van der Waals surface area contributed by atoms with E-state index in [-0.39, 0.29) is 12.0 Å². The Hall–Kier alpha value is -3.15. The Bertz CT molecular complexity index is 1280. The summed E-state index contributed by atoms with van der Waals surface area (Å²) >= 11 is 0. The van der Waals surface area contributed by atoms with Crippen LogP contribution >= 0.6 is 0 Å². The molecule has 10 nitrogen and oxygen atoms in total. The van der Waals surface area contributed by atoms with Crippen LogP contribution < -0.4 is 19.6 Å². The number of hydrogen-bond acceptors (Lipinski definition) is 10. The molecule has 0 bridgehead atoms. The number of hydrogen-bond donors (Lipinski definition) is 4. The van der Waals surface area contributed by atoms with Gasteiger partial charge in [0.1, 0.15) is 67.4 Å². The van der Waals surface area contributed by atoms with Gasteiger partial charge in [0.25, 0.3) is 0 Å². The number of ether oxygens (including phenoxy) is 4. The Labute approximate surface area is 199 Å². The largest absolute Gasteiger partial charge is 0.491 e. The first kappa shape index (κ1) is 23.6. The molecule has 0 radical (unpaired) electrons. The minimum absolute atomic E-state index is 0.161. The fourth-order valence-corrected chi connectivity index (χ4v) is 4.40. The lowest BCUT2D eigenvalue weighted by atomic mass is 9.95. The van der Waals surface area contributed by atoms with Gasteiger partial charge in [-0.05, 0) is 36.8 Å². The van der Waals surface area contributed by atoms with Gasteiger partial charge in [0, 0.05) is 6.07 Å². The average molecular weight is 486 g/mol. The van der Waals surface area contributed by atoms with Gasteiger partial charge in [0.15, 0.2) is 11.5 Å². The number of fused-ring (bicyclic) bond motifs is 2. The van der Waals surface area contributed by atoms with Crippen LogP contribution in [0.15, 0.2) is 45.6 Å². The van der Waals surface area contributed by atoms with Crippen LogP contribution in [-0.2, 0) is 4.74 Å². The summed E-state index contributed by atoms with van der Waals surface area (Å²) in [5.41, 5.74) is 1.19. The van der Waals surface area contributed by atoms with Crippen molar-refractivity contribution in [3.05, 3.63) is 52.4 Å². The number of benzene rings is 2. The Balaban J connectivity index is 1.39. The molecule has 35 heavy (non-hydrogen) atoms. The van der Waals surface area contributed by atoms with Crippen molar-refractivity contribution in [3.8, 4) is 28.4 Å². The summed E-state index contributed by atoms with van der Waals surface area (Å²) in [6.45, 7) is 1.94. The number of aliphatic hydroxyl groups excluding tert-OH is 4. The van der Waals surface area contributed by atoms with Crippen LogP contribution in [0.25, 0.3) is 22.1 Å². The molecule has 2 aromatic carbocycles. The summed E-state index contributed by atoms with van der Waals surface area (Å²) in [4.78, 5) is 13.3. The van der Waals surface area contributed by atoms with Gasteiger partial charge in [-0.2, -0.15) is 0 Å². The smallest absolute Gasteiger partial charge is 0.200 e. The van der Waals surface area contributed by atoms with E-state index in [1.54, 1.807) is 43.3 Å². The maximum absolute atomic E-state index is 13.3. The Morgan fingerprint density at radius 3 is 2.46 bits per heavy atom. The predicted octanol–water partition coefficient (Wildman–Crippen LogP) is 0.761. The molecule has 0 spiro atoms. The van der Waals surface area contributed by atoms with Crippen molar-refractivity contribution in [3.63, 3.8) is 0 Å². The number of rotatable bonds is 5. The third-order valence-electron chi connectivity index (χ3n) is 6.28. The molecular formula is C25H26O10. The Kier molecular flexibility index (Phi) is 6.39. The molecule has 4 N–H and O–H groups in total. The van der Waals surface area contributed by atoms with E-state index in [2.05, 4.69) is 0 Å². The van der Waals surface area contributed by atoms with Gasteiger partial charge < -0.3 is 43.8 Å². The molecule has 2 aliphatic rings. The van der Waals surface area contributed by atoms with Gasteiger partial charge in [0.05, 0.1) is 17.6 Å². The molecule has 5 rings (SSSR count). The van der Waals surface area contributed by atoms with Gasteiger partial charge in [-0.15, -0.1) is 0 Å². The maximum atomic E-state index is 13.3. The lowest BCUT2D eigenvalue weighted by molar-refractivity contribution is -0.234. The lowest BCUT2D eigenvalue weighted by Gasteiger charge is -2.39. The minimum atomic E-state index is -1.48. The zero-order valence-electron chi connectivity index (χ0n) is 18.9. The Morgan fingerprint density at radius 2 is 1.69 bits per heavy atom. The molecule has 2 aliphatic heterocycles. The average Bonchev–Trinajstić information content (AvgIpc) is 2.86. The fraction of sp³-hybridized carbons (Fsp3) is 0.400. The first-order valence-corrected chi connectivity index (χ1v) is 11.3. The van der Waals surface area contributed by atoms with Gasteiger partial charge in [0.2, 0.25) is 5.43 Å². The number of aliphatic hydroxyl groups is 4. The second-order valence-corrected chi connectivity index (χ2v) is 8.56. The summed E-state index contributed by atoms with van der Waals surface area (Å²) < 4.78 is 28.3. The van der Waals surface area contributed by atoms with Crippen molar-refractivity contribution < 1.29 is 43.8 Å². The van der Waals surface area contributed by atoms with Crippen molar-refractivity contribution in [1.29, 1.82) is 0 Å². The predicted molar refractivity (Wildman–Crippen MR) is 123 cm³/mol. The zero-order chi connectivity index (χ0) is 24.7. The number of aryl methyl sites for hydroxylation is 1. The van der Waals surface area contributed by atoms with Crippen molar-refractivity contribution >= 4 is 11.0 Å². The summed E-state index contributed by atoms with van der Waals surface area (Å²) in [5, 5.41) is 39.7. The van der Waals surface area contributed by atoms with Gasteiger partial charge in [-0.3, -0.25) is 4.79 Å². The molecule has 0 aliphatic carbocycles.